The molecule has 0 amide bonds. The van der Waals surface area contributed by atoms with Crippen LogP contribution in [0.3, 0.4) is 0 Å². The van der Waals surface area contributed by atoms with Crippen molar-refractivity contribution in [2.75, 3.05) is 60.5 Å². The highest BCUT2D eigenvalue weighted by molar-refractivity contribution is 7.62. The van der Waals surface area contributed by atoms with Crippen molar-refractivity contribution in [1.29, 1.82) is 0 Å². The van der Waals surface area contributed by atoms with Gasteiger partial charge in [-0.15, -0.1) is 62.2 Å². The Morgan fingerprint density at radius 2 is 0.688 bits per heavy atom. The molecule has 0 N–H and O–H groups in total. The normalized spacial score (nSPS) is 11.6. The number of rotatable bonds is 11. The summed E-state index contributed by atoms with van der Waals surface area (Å²) in [5.74, 6) is 3.08. The van der Waals surface area contributed by atoms with Crippen molar-refractivity contribution in [1.82, 2.24) is 0 Å². The monoisotopic (exact) mass is 342 g/mol. The van der Waals surface area contributed by atoms with Crippen LogP contribution in [0.15, 0.2) is 0 Å². The summed E-state index contributed by atoms with van der Waals surface area (Å²) in [6.07, 6.45) is 7.19. The maximum Gasteiger partial charge on any atom is 0.0262 e. The predicted octanol–water partition coefficient (Wildman–Crippen LogP) is 4.91. The Hall–Kier alpha value is 2.02. The number of halogens is 4. The summed E-state index contributed by atoms with van der Waals surface area (Å²) in [6, 6.07) is 0. The van der Waals surface area contributed by atoms with Gasteiger partial charge in [-0.05, 0) is 37.0 Å². The quantitative estimate of drug-likeness (QED) is 0.369. The average molecular weight is 344 g/mol. The minimum Gasteiger partial charge on any atom is -0.126 e. The molecule has 0 saturated carbocycles. The first kappa shape index (κ1) is 18.0. The van der Waals surface area contributed by atoms with Gasteiger partial charge in [0.05, 0.1) is 0 Å². The molecule has 6 heteroatoms. The summed E-state index contributed by atoms with van der Waals surface area (Å²) in [4.78, 5) is 0. The van der Waals surface area contributed by atoms with E-state index in [9.17, 15) is 0 Å². The molecular weight excluding hydrogens is 324 g/mol. The molecule has 0 nitrogen and oxygen atoms in total. The molecule has 0 aliphatic carbocycles. The van der Waals surface area contributed by atoms with Crippen LogP contribution in [0.25, 0.3) is 0 Å². The highest BCUT2D eigenvalue weighted by Crippen LogP contribution is 2.42. The van der Waals surface area contributed by atoms with Crippen LogP contribution >= 0.6 is 62.2 Å². The molecule has 0 saturated heterocycles. The van der Waals surface area contributed by atoms with Crippen molar-refractivity contribution in [3.05, 3.63) is 0 Å². The van der Waals surface area contributed by atoms with Crippen LogP contribution in [0.5, 0.6) is 0 Å². The molecule has 0 aliphatic rings. The second-order valence-electron chi connectivity index (χ2n) is 3.44. The zero-order chi connectivity index (χ0) is 12.2. The van der Waals surface area contributed by atoms with Crippen molar-refractivity contribution in [2.24, 2.45) is 0 Å². The molecule has 0 aliphatic heterocycles. The minimum absolute atomic E-state index is 0.0513. The van der Waals surface area contributed by atoms with Gasteiger partial charge in [0.2, 0.25) is 0 Å². The first-order chi connectivity index (χ1) is 7.78. The maximum atomic E-state index is 5.81. The lowest BCUT2D eigenvalue weighted by Gasteiger charge is -2.20. The highest BCUT2D eigenvalue weighted by Gasteiger charge is 2.11. The van der Waals surface area contributed by atoms with E-state index in [1.54, 1.807) is 0 Å². The molecule has 0 bridgehead atoms. The molecular formula is C10H20Cl4P2. The number of hydrogen-bond donors (Lipinski definition) is 0. The van der Waals surface area contributed by atoms with E-state index in [1.165, 1.54) is 12.3 Å². The van der Waals surface area contributed by atoms with Gasteiger partial charge >= 0.3 is 0 Å². The second-order valence-corrected chi connectivity index (χ2v) is 10.3. The van der Waals surface area contributed by atoms with Gasteiger partial charge in [-0.1, -0.05) is 0 Å². The van der Waals surface area contributed by atoms with Crippen molar-refractivity contribution < 1.29 is 0 Å². The molecule has 0 atom stereocenters. The topological polar surface area (TPSA) is 0 Å². The van der Waals surface area contributed by atoms with Crippen molar-refractivity contribution in [3.63, 3.8) is 0 Å². The Bertz CT molecular complexity index is 121. The Kier molecular flexibility index (Phi) is 15.1. The van der Waals surface area contributed by atoms with Gasteiger partial charge in [0.25, 0.3) is 0 Å². The molecule has 98 valence electrons. The Morgan fingerprint density at radius 1 is 0.438 bits per heavy atom. The molecule has 0 heterocycles. The smallest absolute Gasteiger partial charge is 0.0262 e. The summed E-state index contributed by atoms with van der Waals surface area (Å²) in [7, 11) is 0.103. The summed E-state index contributed by atoms with van der Waals surface area (Å²) >= 11 is 23.2. The fraction of sp³-hybridized carbons (Fsp3) is 1.00. The Morgan fingerprint density at radius 3 is 0.875 bits per heavy atom. The number of hydrogen-bond acceptors (Lipinski definition) is 0. The van der Waals surface area contributed by atoms with Gasteiger partial charge in [0.15, 0.2) is 0 Å². The van der Waals surface area contributed by atoms with E-state index in [0.717, 1.165) is 48.2 Å². The third-order valence-corrected chi connectivity index (χ3v) is 9.63. The molecule has 0 fully saturated rings. The Labute approximate surface area is 122 Å². The van der Waals surface area contributed by atoms with E-state index >= 15 is 0 Å². The van der Waals surface area contributed by atoms with Crippen LogP contribution in [-0.4, -0.2) is 60.5 Å². The standard InChI is InChI=1S/C10H20Cl4P2/c11-1-5-15(6-2-12)9-10-16(7-3-13)8-4-14/h1-10H2. The summed E-state index contributed by atoms with van der Waals surface area (Å²) < 4.78 is 0. The van der Waals surface area contributed by atoms with Crippen LogP contribution in [0.1, 0.15) is 0 Å². The van der Waals surface area contributed by atoms with E-state index in [0.29, 0.717) is 0 Å². The van der Waals surface area contributed by atoms with Gasteiger partial charge in [-0.2, -0.15) is 0 Å². The lowest BCUT2D eigenvalue weighted by atomic mass is 10.9. The largest absolute Gasteiger partial charge is 0.126 e. The van der Waals surface area contributed by atoms with E-state index in [4.69, 9.17) is 46.4 Å². The summed E-state index contributed by atoms with van der Waals surface area (Å²) in [5, 5.41) is 0. The lowest BCUT2D eigenvalue weighted by Crippen LogP contribution is -2.04. The summed E-state index contributed by atoms with van der Waals surface area (Å²) in [5.41, 5.74) is 0. The predicted molar refractivity (Wildman–Crippen MR) is 85.9 cm³/mol. The molecule has 0 radical (unpaired) electrons. The number of alkyl halides is 4. The zero-order valence-corrected chi connectivity index (χ0v) is 14.3. The zero-order valence-electron chi connectivity index (χ0n) is 9.48. The van der Waals surface area contributed by atoms with E-state index in [1.807, 2.05) is 0 Å². The molecule has 0 aromatic carbocycles. The first-order valence-corrected chi connectivity index (χ1v) is 11.4. The molecule has 16 heavy (non-hydrogen) atoms. The van der Waals surface area contributed by atoms with Crippen LogP contribution in [0.4, 0.5) is 0 Å². The van der Waals surface area contributed by atoms with Crippen molar-refractivity contribution >= 4 is 62.2 Å². The van der Waals surface area contributed by atoms with Crippen LogP contribution < -0.4 is 0 Å². The van der Waals surface area contributed by atoms with Gasteiger partial charge in [0, 0.05) is 23.5 Å². The van der Waals surface area contributed by atoms with Crippen LogP contribution in [0.2, 0.25) is 0 Å². The second kappa shape index (κ2) is 13.5. The average Bonchev–Trinajstić information content (AvgIpc) is 2.27. The van der Waals surface area contributed by atoms with E-state index < -0.39 is 0 Å². The first-order valence-electron chi connectivity index (χ1n) is 5.47. The van der Waals surface area contributed by atoms with Crippen molar-refractivity contribution in [2.45, 2.75) is 0 Å². The van der Waals surface area contributed by atoms with Gasteiger partial charge in [0.1, 0.15) is 0 Å². The molecule has 0 spiro atoms. The fourth-order valence-corrected chi connectivity index (χ4v) is 8.86. The highest BCUT2D eigenvalue weighted by atomic mass is 35.5. The van der Waals surface area contributed by atoms with Gasteiger partial charge < -0.3 is 0 Å². The van der Waals surface area contributed by atoms with E-state index in [-0.39, 0.29) is 15.8 Å². The summed E-state index contributed by atoms with van der Waals surface area (Å²) in [6.45, 7) is 0. The van der Waals surface area contributed by atoms with Gasteiger partial charge in [-0.3, -0.25) is 0 Å². The molecule has 0 unspecified atom stereocenters. The van der Waals surface area contributed by atoms with Crippen molar-refractivity contribution in [3.8, 4) is 0 Å². The molecule has 0 aromatic rings. The van der Waals surface area contributed by atoms with Crippen LogP contribution in [-0.2, 0) is 0 Å². The lowest BCUT2D eigenvalue weighted by molar-refractivity contribution is 1.32. The Balaban J connectivity index is 3.83. The maximum absolute atomic E-state index is 5.81. The van der Waals surface area contributed by atoms with Gasteiger partial charge in [-0.25, -0.2) is 0 Å². The fourth-order valence-electron chi connectivity index (χ4n) is 1.43. The van der Waals surface area contributed by atoms with E-state index in [2.05, 4.69) is 0 Å². The third-order valence-electron chi connectivity index (χ3n) is 2.34. The van der Waals surface area contributed by atoms with Crippen LogP contribution in [0, 0.1) is 0 Å². The third kappa shape index (κ3) is 9.99. The minimum atomic E-state index is 0.0513. The molecule has 0 aromatic heterocycles. The molecule has 0 rings (SSSR count). The SMILES string of the molecule is ClCCP(CCCl)CCP(CCCl)CCCl.